The lowest BCUT2D eigenvalue weighted by Crippen LogP contribution is -2.43. The van der Waals surface area contributed by atoms with Gasteiger partial charge in [0.25, 0.3) is 0 Å². The number of carbonyl (C=O) groups is 2. The van der Waals surface area contributed by atoms with Gasteiger partial charge in [-0.1, -0.05) is 6.07 Å². The van der Waals surface area contributed by atoms with E-state index in [1.165, 1.54) is 0 Å². The van der Waals surface area contributed by atoms with Crippen LogP contribution in [0.5, 0.6) is 0 Å². The summed E-state index contributed by atoms with van der Waals surface area (Å²) in [5.74, 6) is 0.661. The van der Waals surface area contributed by atoms with E-state index in [-0.39, 0.29) is 23.3 Å². The van der Waals surface area contributed by atoms with E-state index < -0.39 is 0 Å². The SMILES string of the molecule is CC(C)(C)N1CC(C(=O)NCCCc2nnc3ccccn23)CC1=O. The number of nitrogens with zero attached hydrogens (tertiary/aromatic N) is 4. The first-order valence-corrected chi connectivity index (χ1v) is 8.73. The number of carbonyl (C=O) groups excluding carboxylic acids is 2. The van der Waals surface area contributed by atoms with Crippen molar-refractivity contribution in [2.75, 3.05) is 13.1 Å². The summed E-state index contributed by atoms with van der Waals surface area (Å²) in [5, 5.41) is 11.3. The van der Waals surface area contributed by atoms with Crippen molar-refractivity contribution in [2.24, 2.45) is 5.92 Å². The third-order valence-corrected chi connectivity index (χ3v) is 4.57. The minimum absolute atomic E-state index is 0.0359. The molecule has 1 aliphatic heterocycles. The van der Waals surface area contributed by atoms with E-state index in [1.54, 1.807) is 4.90 Å². The molecule has 1 saturated heterocycles. The molecule has 2 aromatic rings. The molecule has 0 radical (unpaired) electrons. The van der Waals surface area contributed by atoms with Crippen LogP contribution >= 0.6 is 0 Å². The van der Waals surface area contributed by atoms with Crippen molar-refractivity contribution in [1.29, 1.82) is 0 Å². The molecule has 1 N–H and O–H groups in total. The molecule has 1 aliphatic rings. The van der Waals surface area contributed by atoms with Crippen LogP contribution in [-0.2, 0) is 16.0 Å². The van der Waals surface area contributed by atoms with Gasteiger partial charge >= 0.3 is 0 Å². The number of amides is 2. The van der Waals surface area contributed by atoms with E-state index in [9.17, 15) is 9.59 Å². The highest BCUT2D eigenvalue weighted by atomic mass is 16.2. The lowest BCUT2D eigenvalue weighted by atomic mass is 10.1. The maximum atomic E-state index is 12.3. The first-order valence-electron chi connectivity index (χ1n) is 8.73. The van der Waals surface area contributed by atoms with E-state index in [0.717, 1.165) is 24.3 Å². The molecule has 0 saturated carbocycles. The van der Waals surface area contributed by atoms with E-state index in [4.69, 9.17) is 0 Å². The van der Waals surface area contributed by atoms with Gasteiger partial charge < -0.3 is 10.2 Å². The first-order chi connectivity index (χ1) is 11.9. The molecule has 0 aromatic carbocycles. The number of hydrogen-bond acceptors (Lipinski definition) is 4. The Bertz CT molecular complexity index is 777. The molecule has 7 heteroatoms. The van der Waals surface area contributed by atoms with Crippen LogP contribution in [-0.4, -0.2) is 49.9 Å². The van der Waals surface area contributed by atoms with Crippen LogP contribution in [0, 0.1) is 5.92 Å². The lowest BCUT2D eigenvalue weighted by molar-refractivity contribution is -0.132. The van der Waals surface area contributed by atoms with E-state index in [2.05, 4.69) is 15.5 Å². The highest BCUT2D eigenvalue weighted by molar-refractivity contribution is 5.89. The molecule has 0 spiro atoms. The molecule has 3 rings (SSSR count). The van der Waals surface area contributed by atoms with Crippen LogP contribution in [0.3, 0.4) is 0 Å². The number of likely N-dealkylation sites (tertiary alicyclic amines) is 1. The molecule has 25 heavy (non-hydrogen) atoms. The Balaban J connectivity index is 1.46. The van der Waals surface area contributed by atoms with Crippen LogP contribution in [0.15, 0.2) is 24.4 Å². The maximum Gasteiger partial charge on any atom is 0.225 e. The first kappa shape index (κ1) is 17.4. The summed E-state index contributed by atoms with van der Waals surface area (Å²) < 4.78 is 1.96. The molecule has 2 amide bonds. The number of rotatable bonds is 5. The van der Waals surface area contributed by atoms with Crippen LogP contribution < -0.4 is 5.32 Å². The topological polar surface area (TPSA) is 79.6 Å². The van der Waals surface area contributed by atoms with Crippen LogP contribution in [0.2, 0.25) is 0 Å². The van der Waals surface area contributed by atoms with E-state index >= 15 is 0 Å². The highest BCUT2D eigenvalue weighted by Gasteiger charge is 2.39. The fourth-order valence-electron chi connectivity index (χ4n) is 3.20. The van der Waals surface area contributed by atoms with Crippen molar-refractivity contribution in [1.82, 2.24) is 24.8 Å². The maximum absolute atomic E-state index is 12.3. The monoisotopic (exact) mass is 343 g/mol. The minimum Gasteiger partial charge on any atom is -0.356 e. The summed E-state index contributed by atoms with van der Waals surface area (Å²) in [6, 6.07) is 5.79. The quantitative estimate of drug-likeness (QED) is 0.833. The molecular formula is C18H25N5O2. The molecule has 7 nitrogen and oxygen atoms in total. The largest absolute Gasteiger partial charge is 0.356 e. The van der Waals surface area contributed by atoms with Gasteiger partial charge in [0.15, 0.2) is 5.65 Å². The third kappa shape index (κ3) is 3.81. The second kappa shape index (κ2) is 6.82. The average Bonchev–Trinajstić information content (AvgIpc) is 3.15. The fourth-order valence-corrected chi connectivity index (χ4v) is 3.20. The van der Waals surface area contributed by atoms with Gasteiger partial charge in [0, 0.05) is 37.7 Å². The van der Waals surface area contributed by atoms with Crippen LogP contribution in [0.1, 0.15) is 39.4 Å². The molecule has 134 valence electrons. The summed E-state index contributed by atoms with van der Waals surface area (Å²) in [4.78, 5) is 26.2. The predicted molar refractivity (Wildman–Crippen MR) is 93.9 cm³/mol. The zero-order valence-electron chi connectivity index (χ0n) is 15.0. The third-order valence-electron chi connectivity index (χ3n) is 4.57. The van der Waals surface area contributed by atoms with Gasteiger partial charge in [0.2, 0.25) is 11.8 Å². The summed E-state index contributed by atoms with van der Waals surface area (Å²) in [6.07, 6.45) is 3.76. The van der Waals surface area contributed by atoms with Gasteiger partial charge in [-0.25, -0.2) is 0 Å². The molecule has 1 atom stereocenters. The lowest BCUT2D eigenvalue weighted by Gasteiger charge is -2.31. The van der Waals surface area contributed by atoms with Gasteiger partial charge in [0.1, 0.15) is 5.82 Å². The Morgan fingerprint density at radius 3 is 2.84 bits per heavy atom. The van der Waals surface area contributed by atoms with E-state index in [0.29, 0.717) is 19.5 Å². The van der Waals surface area contributed by atoms with Crippen molar-refractivity contribution in [3.8, 4) is 0 Å². The number of fused-ring (bicyclic) bond motifs is 1. The Labute approximate surface area is 147 Å². The molecule has 1 fully saturated rings. The van der Waals surface area contributed by atoms with Gasteiger partial charge in [-0.15, -0.1) is 10.2 Å². The number of aryl methyl sites for hydroxylation is 1. The van der Waals surface area contributed by atoms with Gasteiger partial charge in [-0.2, -0.15) is 0 Å². The zero-order valence-corrected chi connectivity index (χ0v) is 15.0. The molecule has 1 unspecified atom stereocenters. The van der Waals surface area contributed by atoms with Gasteiger partial charge in [0.05, 0.1) is 5.92 Å². The molecule has 0 aliphatic carbocycles. The van der Waals surface area contributed by atoms with Crippen molar-refractivity contribution < 1.29 is 9.59 Å². The standard InChI is InChI=1S/C18H25N5O2/c1-18(2,3)23-12-13(11-16(23)24)17(25)19-9-6-8-15-21-20-14-7-4-5-10-22(14)15/h4-5,7,10,13H,6,8-9,11-12H2,1-3H3,(H,19,25). The molecule has 0 bridgehead atoms. The summed E-state index contributed by atoms with van der Waals surface area (Å²) in [7, 11) is 0. The van der Waals surface area contributed by atoms with Crippen LogP contribution in [0.25, 0.3) is 5.65 Å². The summed E-state index contributed by atoms with van der Waals surface area (Å²) in [6.45, 7) is 7.06. The Morgan fingerprint density at radius 2 is 2.12 bits per heavy atom. The summed E-state index contributed by atoms with van der Waals surface area (Å²) >= 11 is 0. The molecule has 3 heterocycles. The van der Waals surface area contributed by atoms with Crippen molar-refractivity contribution in [3.05, 3.63) is 30.2 Å². The average molecular weight is 343 g/mol. The second-order valence-electron chi connectivity index (χ2n) is 7.52. The fraction of sp³-hybridized carbons (Fsp3) is 0.556. The van der Waals surface area contributed by atoms with E-state index in [1.807, 2.05) is 49.6 Å². The minimum atomic E-state index is -0.249. The van der Waals surface area contributed by atoms with Gasteiger partial charge in [-0.05, 0) is 39.3 Å². The Kier molecular flexibility index (Phi) is 4.74. The number of aromatic nitrogens is 3. The Morgan fingerprint density at radius 1 is 1.32 bits per heavy atom. The smallest absolute Gasteiger partial charge is 0.225 e. The number of hydrogen-bond donors (Lipinski definition) is 1. The second-order valence-corrected chi connectivity index (χ2v) is 7.52. The van der Waals surface area contributed by atoms with Crippen molar-refractivity contribution in [2.45, 2.75) is 45.6 Å². The molecule has 2 aromatic heterocycles. The highest BCUT2D eigenvalue weighted by Crippen LogP contribution is 2.25. The number of nitrogens with one attached hydrogen (secondary N) is 1. The molecular weight excluding hydrogens is 318 g/mol. The Hall–Kier alpha value is -2.44. The van der Waals surface area contributed by atoms with Crippen molar-refractivity contribution >= 4 is 17.5 Å². The van der Waals surface area contributed by atoms with Gasteiger partial charge in [-0.3, -0.25) is 14.0 Å². The zero-order chi connectivity index (χ0) is 18.0. The van der Waals surface area contributed by atoms with Crippen molar-refractivity contribution in [3.63, 3.8) is 0 Å². The summed E-state index contributed by atoms with van der Waals surface area (Å²) in [5.41, 5.74) is 0.592. The van der Waals surface area contributed by atoms with Crippen LogP contribution in [0.4, 0.5) is 0 Å². The predicted octanol–water partition coefficient (Wildman–Crippen LogP) is 1.43. The number of pyridine rings is 1. The normalized spacial score (nSPS) is 18.1.